The van der Waals surface area contributed by atoms with Gasteiger partial charge in [-0.1, -0.05) is 48.5 Å². The maximum Gasteiger partial charge on any atom is 0.338 e. The number of rotatable bonds is 5. The van der Waals surface area contributed by atoms with Crippen molar-refractivity contribution in [3.8, 4) is 0 Å². The Balaban J connectivity index is 2.67. The summed E-state index contributed by atoms with van der Waals surface area (Å²) in [5.41, 5.74) is 1.81. The molecule has 0 unspecified atom stereocenters. The van der Waals surface area contributed by atoms with E-state index in [0.717, 1.165) is 5.56 Å². The smallest absolute Gasteiger partial charge is 0.338 e. The third kappa shape index (κ3) is 2.68. The van der Waals surface area contributed by atoms with Crippen LogP contribution in [0, 0.1) is 0 Å². The molecule has 0 saturated heterocycles. The highest BCUT2D eigenvalue weighted by Crippen LogP contribution is 2.36. The largest absolute Gasteiger partial charge is 0.465 e. The zero-order valence-corrected chi connectivity index (χ0v) is 12.3. The van der Waals surface area contributed by atoms with E-state index < -0.39 is 11.8 Å². The van der Waals surface area contributed by atoms with E-state index in [0.29, 0.717) is 11.1 Å². The minimum absolute atomic E-state index is 0.410. The first-order chi connectivity index (χ1) is 10.2. The van der Waals surface area contributed by atoms with Gasteiger partial charge in [0, 0.05) is 25.3 Å². The van der Waals surface area contributed by atoms with Crippen molar-refractivity contribution in [2.24, 2.45) is 0 Å². The average Bonchev–Trinajstić information content (AvgIpc) is 2.57. The number of benzene rings is 2. The second-order valence-corrected chi connectivity index (χ2v) is 4.43. The Morgan fingerprint density at radius 2 is 1.43 bits per heavy atom. The molecule has 0 aliphatic heterocycles. The fourth-order valence-corrected chi connectivity index (χ4v) is 2.41. The highest BCUT2D eigenvalue weighted by molar-refractivity contribution is 5.91. The summed E-state index contributed by atoms with van der Waals surface area (Å²) in [5, 5.41) is 0. The molecule has 2 aromatic rings. The number of hydrogen-bond acceptors (Lipinski definition) is 4. The number of carbonyl (C=O) groups is 1. The Morgan fingerprint density at radius 1 is 0.857 bits per heavy atom. The first kappa shape index (κ1) is 15.2. The second kappa shape index (κ2) is 6.52. The van der Waals surface area contributed by atoms with E-state index in [4.69, 9.17) is 14.2 Å². The van der Waals surface area contributed by atoms with Crippen LogP contribution in [0.4, 0.5) is 0 Å². The minimum atomic E-state index is -1.16. The predicted molar refractivity (Wildman–Crippen MR) is 79.0 cm³/mol. The summed E-state index contributed by atoms with van der Waals surface area (Å²) in [5.74, 6) is -1.59. The molecule has 0 radical (unpaired) electrons. The minimum Gasteiger partial charge on any atom is -0.465 e. The Labute approximate surface area is 124 Å². The van der Waals surface area contributed by atoms with Crippen LogP contribution in [0.15, 0.2) is 54.6 Å². The van der Waals surface area contributed by atoms with Gasteiger partial charge in [-0.05, 0) is 6.07 Å². The van der Waals surface area contributed by atoms with Gasteiger partial charge in [-0.3, -0.25) is 0 Å². The van der Waals surface area contributed by atoms with E-state index >= 15 is 0 Å². The lowest BCUT2D eigenvalue weighted by Gasteiger charge is -2.32. The van der Waals surface area contributed by atoms with Gasteiger partial charge in [0.05, 0.1) is 12.7 Å². The average molecular weight is 286 g/mol. The molecule has 0 fully saturated rings. The number of esters is 1. The van der Waals surface area contributed by atoms with Crippen molar-refractivity contribution < 1.29 is 19.0 Å². The Morgan fingerprint density at radius 3 is 2.00 bits per heavy atom. The third-order valence-electron chi connectivity index (χ3n) is 3.42. The van der Waals surface area contributed by atoms with Crippen LogP contribution < -0.4 is 0 Å². The summed E-state index contributed by atoms with van der Waals surface area (Å²) in [4.78, 5) is 12.0. The molecule has 4 nitrogen and oxygen atoms in total. The molecule has 110 valence electrons. The van der Waals surface area contributed by atoms with Gasteiger partial charge in [-0.2, -0.15) is 0 Å². The van der Waals surface area contributed by atoms with E-state index in [-0.39, 0.29) is 0 Å². The standard InChI is InChI=1S/C17H18O4/c1-19-16(18)14-11-7-8-12-15(14)17(20-2,21-3)13-9-5-4-6-10-13/h4-12H,1-3H3. The van der Waals surface area contributed by atoms with E-state index in [1.165, 1.54) is 7.11 Å². The monoisotopic (exact) mass is 286 g/mol. The van der Waals surface area contributed by atoms with Crippen LogP contribution in [0.2, 0.25) is 0 Å². The molecule has 21 heavy (non-hydrogen) atoms. The second-order valence-electron chi connectivity index (χ2n) is 4.43. The van der Waals surface area contributed by atoms with Crippen LogP contribution in [0.1, 0.15) is 21.5 Å². The highest BCUT2D eigenvalue weighted by Gasteiger charge is 2.37. The molecule has 0 spiro atoms. The number of methoxy groups -OCH3 is 3. The molecule has 0 atom stereocenters. The molecule has 2 aromatic carbocycles. The molecule has 0 saturated carbocycles. The van der Waals surface area contributed by atoms with E-state index in [9.17, 15) is 4.79 Å². The van der Waals surface area contributed by atoms with Crippen LogP contribution in [0.5, 0.6) is 0 Å². The predicted octanol–water partition coefficient (Wildman–Crippen LogP) is 2.97. The Hall–Kier alpha value is -2.17. The summed E-state index contributed by atoms with van der Waals surface area (Å²) in [6.07, 6.45) is 0. The topological polar surface area (TPSA) is 44.8 Å². The van der Waals surface area contributed by atoms with Gasteiger partial charge < -0.3 is 14.2 Å². The fraction of sp³-hybridized carbons (Fsp3) is 0.235. The summed E-state index contributed by atoms with van der Waals surface area (Å²) < 4.78 is 16.2. The van der Waals surface area contributed by atoms with Crippen molar-refractivity contribution in [2.45, 2.75) is 5.79 Å². The van der Waals surface area contributed by atoms with Crippen molar-refractivity contribution in [2.75, 3.05) is 21.3 Å². The van der Waals surface area contributed by atoms with Crippen LogP contribution >= 0.6 is 0 Å². The van der Waals surface area contributed by atoms with Gasteiger partial charge in [-0.15, -0.1) is 0 Å². The summed E-state index contributed by atoms with van der Waals surface area (Å²) in [6.45, 7) is 0. The molecule has 2 rings (SSSR count). The molecule has 0 bridgehead atoms. The van der Waals surface area contributed by atoms with Crippen molar-refractivity contribution in [1.82, 2.24) is 0 Å². The normalized spacial score (nSPS) is 11.2. The quantitative estimate of drug-likeness (QED) is 0.626. The molecular weight excluding hydrogens is 268 g/mol. The van der Waals surface area contributed by atoms with Gasteiger partial charge in [0.2, 0.25) is 5.79 Å². The lowest BCUT2D eigenvalue weighted by Crippen LogP contribution is -2.34. The molecule has 0 aliphatic rings. The Bertz CT molecular complexity index is 603. The molecular formula is C17H18O4. The summed E-state index contributed by atoms with van der Waals surface area (Å²) in [7, 11) is 4.44. The Kier molecular flexibility index (Phi) is 4.73. The van der Waals surface area contributed by atoms with Crippen LogP contribution in [-0.2, 0) is 20.0 Å². The lowest BCUT2D eigenvalue weighted by atomic mass is 9.93. The van der Waals surface area contributed by atoms with Crippen molar-refractivity contribution in [3.63, 3.8) is 0 Å². The zero-order chi connectivity index (χ0) is 15.3. The first-order valence-electron chi connectivity index (χ1n) is 6.53. The van der Waals surface area contributed by atoms with E-state index in [1.807, 2.05) is 36.4 Å². The number of hydrogen-bond donors (Lipinski definition) is 0. The summed E-state index contributed by atoms with van der Waals surface area (Å²) >= 11 is 0. The van der Waals surface area contributed by atoms with Gasteiger partial charge in [0.15, 0.2) is 0 Å². The maximum absolute atomic E-state index is 12.0. The molecule has 0 aromatic heterocycles. The van der Waals surface area contributed by atoms with Gasteiger partial charge >= 0.3 is 5.97 Å². The van der Waals surface area contributed by atoms with E-state index in [1.54, 1.807) is 32.4 Å². The van der Waals surface area contributed by atoms with Crippen LogP contribution in [0.3, 0.4) is 0 Å². The van der Waals surface area contributed by atoms with Crippen molar-refractivity contribution >= 4 is 5.97 Å². The van der Waals surface area contributed by atoms with Crippen molar-refractivity contribution in [3.05, 3.63) is 71.3 Å². The maximum atomic E-state index is 12.0. The van der Waals surface area contributed by atoms with Crippen LogP contribution in [0.25, 0.3) is 0 Å². The molecule has 0 N–H and O–H groups in total. The molecule has 0 amide bonds. The number of ether oxygens (including phenoxy) is 3. The molecule has 4 heteroatoms. The SMILES string of the molecule is COC(=O)c1ccccc1C(OC)(OC)c1ccccc1. The first-order valence-corrected chi connectivity index (χ1v) is 6.53. The zero-order valence-electron chi connectivity index (χ0n) is 12.3. The van der Waals surface area contributed by atoms with Crippen molar-refractivity contribution in [1.29, 1.82) is 0 Å². The summed E-state index contributed by atoms with van der Waals surface area (Å²) in [6, 6.07) is 16.6. The van der Waals surface area contributed by atoms with Gasteiger partial charge in [0.25, 0.3) is 0 Å². The number of carbonyl (C=O) groups excluding carboxylic acids is 1. The highest BCUT2D eigenvalue weighted by atomic mass is 16.7. The van der Waals surface area contributed by atoms with Gasteiger partial charge in [-0.25, -0.2) is 4.79 Å². The van der Waals surface area contributed by atoms with E-state index in [2.05, 4.69) is 0 Å². The molecule has 0 aliphatic carbocycles. The third-order valence-corrected chi connectivity index (χ3v) is 3.42. The van der Waals surface area contributed by atoms with Gasteiger partial charge in [0.1, 0.15) is 0 Å². The van der Waals surface area contributed by atoms with Crippen LogP contribution in [-0.4, -0.2) is 27.3 Å². The molecule has 0 heterocycles. The lowest BCUT2D eigenvalue weighted by molar-refractivity contribution is -0.184. The fourth-order valence-electron chi connectivity index (χ4n) is 2.41.